The maximum atomic E-state index is 12.8. The highest BCUT2D eigenvalue weighted by atomic mass is 16.2. The van der Waals surface area contributed by atoms with Gasteiger partial charge >= 0.3 is 0 Å². The normalized spacial score (nSPS) is 29.8. The van der Waals surface area contributed by atoms with E-state index in [1.54, 1.807) is 0 Å². The molecule has 2 fully saturated rings. The maximum absolute atomic E-state index is 12.8. The second kappa shape index (κ2) is 5.41. The molecule has 2 heterocycles. The molecule has 4 heteroatoms. The van der Waals surface area contributed by atoms with Crippen LogP contribution in [0, 0.1) is 5.41 Å². The quantitative estimate of drug-likeness (QED) is 0.819. The van der Waals surface area contributed by atoms with E-state index in [0.29, 0.717) is 5.91 Å². The first-order valence-corrected chi connectivity index (χ1v) is 7.64. The van der Waals surface area contributed by atoms with Gasteiger partial charge < -0.3 is 10.2 Å². The van der Waals surface area contributed by atoms with Crippen molar-refractivity contribution in [1.82, 2.24) is 15.1 Å². The van der Waals surface area contributed by atoms with Gasteiger partial charge in [-0.3, -0.25) is 9.69 Å². The van der Waals surface area contributed by atoms with Gasteiger partial charge in [0.25, 0.3) is 0 Å². The van der Waals surface area contributed by atoms with Crippen molar-refractivity contribution >= 4 is 5.91 Å². The van der Waals surface area contributed by atoms with E-state index < -0.39 is 0 Å². The van der Waals surface area contributed by atoms with Gasteiger partial charge in [0.1, 0.15) is 0 Å². The minimum atomic E-state index is -0.121. The van der Waals surface area contributed by atoms with E-state index in [0.717, 1.165) is 52.1 Å². The molecule has 0 aliphatic carbocycles. The van der Waals surface area contributed by atoms with Gasteiger partial charge in [0, 0.05) is 38.3 Å². The van der Waals surface area contributed by atoms with Crippen LogP contribution in [0.5, 0.6) is 0 Å². The lowest BCUT2D eigenvalue weighted by Crippen LogP contribution is -2.57. The molecule has 0 aromatic heterocycles. The molecule has 4 nitrogen and oxygen atoms in total. The van der Waals surface area contributed by atoms with Gasteiger partial charge in [-0.1, -0.05) is 6.92 Å². The van der Waals surface area contributed by atoms with Crippen LogP contribution in [-0.4, -0.2) is 60.5 Å². The monoisotopic (exact) mass is 267 g/mol. The van der Waals surface area contributed by atoms with E-state index in [4.69, 9.17) is 0 Å². The molecule has 0 saturated carbocycles. The Bertz CT molecular complexity index is 321. The number of hydrogen-bond acceptors (Lipinski definition) is 3. The molecule has 0 bridgehead atoms. The van der Waals surface area contributed by atoms with Gasteiger partial charge in [-0.25, -0.2) is 0 Å². The molecule has 1 N–H and O–H groups in total. The lowest BCUT2D eigenvalue weighted by molar-refractivity contribution is -0.144. The summed E-state index contributed by atoms with van der Waals surface area (Å²) in [6.45, 7) is 14.5. The van der Waals surface area contributed by atoms with Gasteiger partial charge in [0.15, 0.2) is 0 Å². The zero-order chi connectivity index (χ0) is 14.1. The van der Waals surface area contributed by atoms with Crippen molar-refractivity contribution in [3.05, 3.63) is 0 Å². The number of rotatable bonds is 2. The molecule has 2 aliphatic heterocycles. The summed E-state index contributed by atoms with van der Waals surface area (Å²) in [6.07, 6.45) is 1.96. The largest absolute Gasteiger partial charge is 0.340 e. The predicted molar refractivity (Wildman–Crippen MR) is 78.1 cm³/mol. The molecule has 19 heavy (non-hydrogen) atoms. The first-order chi connectivity index (χ1) is 8.89. The van der Waals surface area contributed by atoms with Gasteiger partial charge in [-0.2, -0.15) is 0 Å². The Morgan fingerprint density at radius 2 is 1.84 bits per heavy atom. The number of carbonyl (C=O) groups is 1. The molecule has 1 unspecified atom stereocenters. The summed E-state index contributed by atoms with van der Waals surface area (Å²) in [6, 6.07) is 0. The Morgan fingerprint density at radius 1 is 1.21 bits per heavy atom. The molecule has 1 amide bonds. The van der Waals surface area contributed by atoms with Crippen molar-refractivity contribution in [2.75, 3.05) is 39.3 Å². The number of nitrogens with zero attached hydrogens (tertiary/aromatic N) is 2. The topological polar surface area (TPSA) is 35.6 Å². The molecule has 0 aromatic rings. The van der Waals surface area contributed by atoms with Crippen LogP contribution in [0.25, 0.3) is 0 Å². The van der Waals surface area contributed by atoms with Crippen LogP contribution in [0.4, 0.5) is 0 Å². The van der Waals surface area contributed by atoms with Crippen molar-refractivity contribution in [3.63, 3.8) is 0 Å². The molecule has 0 radical (unpaired) electrons. The van der Waals surface area contributed by atoms with Crippen molar-refractivity contribution in [3.8, 4) is 0 Å². The molecular weight excluding hydrogens is 238 g/mol. The first-order valence-electron chi connectivity index (χ1n) is 7.64. The van der Waals surface area contributed by atoms with Crippen molar-refractivity contribution in [2.45, 2.75) is 46.1 Å². The van der Waals surface area contributed by atoms with Crippen molar-refractivity contribution in [2.24, 2.45) is 5.41 Å². The molecule has 0 aromatic carbocycles. The van der Waals surface area contributed by atoms with Gasteiger partial charge in [-0.05, 0) is 40.2 Å². The van der Waals surface area contributed by atoms with E-state index in [2.05, 4.69) is 42.8 Å². The summed E-state index contributed by atoms with van der Waals surface area (Å²) in [4.78, 5) is 17.3. The third kappa shape index (κ3) is 2.95. The minimum Gasteiger partial charge on any atom is -0.340 e. The van der Waals surface area contributed by atoms with Crippen molar-refractivity contribution in [1.29, 1.82) is 0 Å². The van der Waals surface area contributed by atoms with Crippen LogP contribution >= 0.6 is 0 Å². The number of amides is 1. The van der Waals surface area contributed by atoms with Crippen LogP contribution < -0.4 is 5.32 Å². The average molecular weight is 267 g/mol. The fourth-order valence-corrected chi connectivity index (χ4v) is 3.30. The molecule has 110 valence electrons. The summed E-state index contributed by atoms with van der Waals surface area (Å²) in [5.74, 6) is 0.383. The van der Waals surface area contributed by atoms with E-state index in [1.165, 1.54) is 0 Å². The fraction of sp³-hybridized carbons (Fsp3) is 0.933. The molecule has 2 aliphatic rings. The highest BCUT2D eigenvalue weighted by molar-refractivity contribution is 5.83. The van der Waals surface area contributed by atoms with Crippen molar-refractivity contribution < 1.29 is 4.79 Å². The Balaban J connectivity index is 1.96. The summed E-state index contributed by atoms with van der Waals surface area (Å²) in [5.41, 5.74) is 0.0936. The molecule has 1 atom stereocenters. The fourth-order valence-electron chi connectivity index (χ4n) is 3.30. The molecule has 0 spiro atoms. The lowest BCUT2D eigenvalue weighted by Gasteiger charge is -2.44. The Kier molecular flexibility index (Phi) is 4.21. The van der Waals surface area contributed by atoms with Crippen LogP contribution in [0.2, 0.25) is 0 Å². The third-order valence-corrected chi connectivity index (χ3v) is 4.89. The molecule has 2 saturated heterocycles. The maximum Gasteiger partial charge on any atom is 0.230 e. The van der Waals surface area contributed by atoms with E-state index in [1.807, 2.05) is 0 Å². The van der Waals surface area contributed by atoms with Crippen LogP contribution in [0.1, 0.15) is 40.5 Å². The van der Waals surface area contributed by atoms with E-state index >= 15 is 0 Å². The average Bonchev–Trinajstić information content (AvgIpc) is 2.87. The van der Waals surface area contributed by atoms with Crippen LogP contribution in [0.15, 0.2) is 0 Å². The van der Waals surface area contributed by atoms with E-state index in [-0.39, 0.29) is 11.0 Å². The highest BCUT2D eigenvalue weighted by Gasteiger charge is 2.42. The zero-order valence-corrected chi connectivity index (χ0v) is 13.0. The highest BCUT2D eigenvalue weighted by Crippen LogP contribution is 2.32. The second-order valence-corrected chi connectivity index (χ2v) is 7.01. The summed E-state index contributed by atoms with van der Waals surface area (Å²) < 4.78 is 0. The predicted octanol–water partition coefficient (Wildman–Crippen LogP) is 1.32. The standard InChI is InChI=1S/C15H29N3O/c1-5-15(6-7-16-12-15)13(19)17-8-10-18(11-9-17)14(2,3)4/h16H,5-12H2,1-4H3. The minimum absolute atomic E-state index is 0.121. The number of hydrogen-bond donors (Lipinski definition) is 1. The number of piperazine rings is 1. The molecular formula is C15H29N3O. The Hall–Kier alpha value is -0.610. The van der Waals surface area contributed by atoms with Crippen LogP contribution in [-0.2, 0) is 4.79 Å². The summed E-state index contributed by atoms with van der Waals surface area (Å²) >= 11 is 0. The molecule has 2 rings (SSSR count). The van der Waals surface area contributed by atoms with Gasteiger partial charge in [0.05, 0.1) is 5.41 Å². The van der Waals surface area contributed by atoms with E-state index in [9.17, 15) is 4.79 Å². The summed E-state index contributed by atoms with van der Waals surface area (Å²) in [7, 11) is 0. The zero-order valence-electron chi connectivity index (χ0n) is 13.0. The Labute approximate surface area is 117 Å². The third-order valence-electron chi connectivity index (χ3n) is 4.89. The smallest absolute Gasteiger partial charge is 0.230 e. The number of carbonyl (C=O) groups excluding carboxylic acids is 1. The van der Waals surface area contributed by atoms with Crippen LogP contribution in [0.3, 0.4) is 0 Å². The first kappa shape index (κ1) is 14.8. The SMILES string of the molecule is CCC1(C(=O)N2CCN(C(C)(C)C)CC2)CCNC1. The summed E-state index contributed by atoms with van der Waals surface area (Å²) in [5, 5.41) is 3.36. The number of nitrogens with one attached hydrogen (secondary N) is 1. The second-order valence-electron chi connectivity index (χ2n) is 7.01. The lowest BCUT2D eigenvalue weighted by atomic mass is 9.82. The van der Waals surface area contributed by atoms with Gasteiger partial charge in [-0.15, -0.1) is 0 Å². The van der Waals surface area contributed by atoms with Gasteiger partial charge in [0.2, 0.25) is 5.91 Å². The Morgan fingerprint density at radius 3 is 2.26 bits per heavy atom.